The van der Waals surface area contributed by atoms with Gasteiger partial charge in [-0.05, 0) is 70.2 Å². The van der Waals surface area contributed by atoms with Gasteiger partial charge in [-0.2, -0.15) is 0 Å². The Bertz CT molecular complexity index is 767. The largest absolute Gasteiger partial charge is 0.337 e. The molecule has 26 heavy (non-hydrogen) atoms. The molecule has 2 aromatic rings. The molecule has 0 spiro atoms. The van der Waals surface area contributed by atoms with Crippen LogP contribution in [0.25, 0.3) is 0 Å². The molecule has 1 aliphatic rings. The van der Waals surface area contributed by atoms with Gasteiger partial charge in [0.25, 0.3) is 0 Å². The van der Waals surface area contributed by atoms with Crippen molar-refractivity contribution in [1.29, 1.82) is 0 Å². The molecule has 2 unspecified atom stereocenters. The van der Waals surface area contributed by atoms with Gasteiger partial charge in [-0.25, -0.2) is 0 Å². The summed E-state index contributed by atoms with van der Waals surface area (Å²) in [6, 6.07) is 6.91. The maximum atomic E-state index is 12.6. The minimum atomic E-state index is 0.202. The molecule has 1 aliphatic heterocycles. The Balaban J connectivity index is 1.56. The molecule has 1 N–H and O–H groups in total. The zero-order valence-electron chi connectivity index (χ0n) is 15.8. The number of nitrogens with one attached hydrogen (secondary N) is 1. The number of piperidine rings is 1. The van der Waals surface area contributed by atoms with Gasteiger partial charge in [-0.15, -0.1) is 10.2 Å². The molecular weight excluding hydrogens is 364 g/mol. The molecule has 1 amide bonds. The number of amides is 1. The molecule has 0 bridgehead atoms. The first-order chi connectivity index (χ1) is 12.4. The second kappa shape index (κ2) is 8.39. The number of thioether (sulfide) groups is 1. The summed E-state index contributed by atoms with van der Waals surface area (Å²) >= 11 is 2.96. The van der Waals surface area contributed by atoms with E-state index in [1.165, 1.54) is 40.6 Å². The number of aromatic nitrogens is 2. The van der Waals surface area contributed by atoms with Crippen molar-refractivity contribution in [2.45, 2.75) is 63.4 Å². The number of aryl methyl sites for hydroxylation is 2. The van der Waals surface area contributed by atoms with Crippen LogP contribution in [0.4, 0.5) is 10.8 Å². The number of rotatable bonds is 5. The fourth-order valence-corrected chi connectivity index (χ4v) is 5.01. The first kappa shape index (κ1) is 19.2. The van der Waals surface area contributed by atoms with E-state index in [9.17, 15) is 4.79 Å². The summed E-state index contributed by atoms with van der Waals surface area (Å²) in [7, 11) is 0. The van der Waals surface area contributed by atoms with Crippen LogP contribution in [0.2, 0.25) is 0 Å². The highest BCUT2D eigenvalue weighted by Gasteiger charge is 2.28. The standard InChI is InChI=1S/C19H26N4OS2/c1-12-8-9-16(10-13(12)2)20-18-21-22-19(26-18)25-11-17(24)23-14(3)6-5-7-15(23)4/h8-10,14-15H,5-7,11H2,1-4H3,(H,20,21). The summed E-state index contributed by atoms with van der Waals surface area (Å²) in [6.45, 7) is 8.49. The molecule has 1 saturated heterocycles. The van der Waals surface area contributed by atoms with Gasteiger partial charge in [-0.3, -0.25) is 4.79 Å². The average molecular weight is 391 g/mol. The van der Waals surface area contributed by atoms with Crippen LogP contribution in [0.5, 0.6) is 0 Å². The van der Waals surface area contributed by atoms with Crippen molar-refractivity contribution in [1.82, 2.24) is 15.1 Å². The topological polar surface area (TPSA) is 58.1 Å². The molecule has 1 fully saturated rings. The highest BCUT2D eigenvalue weighted by atomic mass is 32.2. The normalized spacial score (nSPS) is 20.2. The Labute approximate surface area is 163 Å². The minimum absolute atomic E-state index is 0.202. The third-order valence-electron chi connectivity index (χ3n) is 4.97. The fraction of sp³-hybridized carbons (Fsp3) is 0.526. The van der Waals surface area contributed by atoms with E-state index < -0.39 is 0 Å². The zero-order chi connectivity index (χ0) is 18.7. The van der Waals surface area contributed by atoms with E-state index in [0.29, 0.717) is 17.8 Å². The maximum absolute atomic E-state index is 12.6. The van der Waals surface area contributed by atoms with E-state index >= 15 is 0 Å². The smallest absolute Gasteiger partial charge is 0.233 e. The van der Waals surface area contributed by atoms with Crippen molar-refractivity contribution in [3.63, 3.8) is 0 Å². The second-order valence-electron chi connectivity index (χ2n) is 7.02. The number of carbonyl (C=O) groups is 1. The van der Waals surface area contributed by atoms with Crippen LogP contribution in [-0.2, 0) is 4.79 Å². The van der Waals surface area contributed by atoms with E-state index in [0.717, 1.165) is 28.0 Å². The average Bonchev–Trinajstić information content (AvgIpc) is 3.04. The molecule has 1 aromatic carbocycles. The summed E-state index contributed by atoms with van der Waals surface area (Å²) in [5.41, 5.74) is 3.51. The molecule has 2 heterocycles. The Kier molecular flexibility index (Phi) is 6.19. The van der Waals surface area contributed by atoms with E-state index in [-0.39, 0.29) is 5.91 Å². The quantitative estimate of drug-likeness (QED) is 0.745. The first-order valence-corrected chi connectivity index (χ1v) is 10.9. The summed E-state index contributed by atoms with van der Waals surface area (Å²) in [4.78, 5) is 14.7. The summed E-state index contributed by atoms with van der Waals surface area (Å²) in [5, 5.41) is 12.4. The van der Waals surface area contributed by atoms with Crippen LogP contribution in [0.1, 0.15) is 44.2 Å². The van der Waals surface area contributed by atoms with Gasteiger partial charge in [0, 0.05) is 17.8 Å². The third kappa shape index (κ3) is 4.57. The number of anilines is 2. The van der Waals surface area contributed by atoms with Crippen LogP contribution in [0.15, 0.2) is 22.5 Å². The van der Waals surface area contributed by atoms with Crippen LogP contribution in [0.3, 0.4) is 0 Å². The van der Waals surface area contributed by atoms with Gasteiger partial charge in [0.05, 0.1) is 5.75 Å². The number of benzene rings is 1. The first-order valence-electron chi connectivity index (χ1n) is 9.06. The Morgan fingerprint density at radius 2 is 1.96 bits per heavy atom. The van der Waals surface area contributed by atoms with Crippen molar-refractivity contribution < 1.29 is 4.79 Å². The molecule has 0 radical (unpaired) electrons. The van der Waals surface area contributed by atoms with Crippen LogP contribution in [-0.4, -0.2) is 38.8 Å². The lowest BCUT2D eigenvalue weighted by Crippen LogP contribution is -2.48. The van der Waals surface area contributed by atoms with Crippen LogP contribution < -0.4 is 5.32 Å². The van der Waals surface area contributed by atoms with E-state index in [1.807, 2.05) is 11.0 Å². The molecule has 2 atom stereocenters. The Morgan fingerprint density at radius 3 is 2.65 bits per heavy atom. The summed E-state index contributed by atoms with van der Waals surface area (Å²) in [6.07, 6.45) is 3.41. The van der Waals surface area contributed by atoms with Gasteiger partial charge in [0.2, 0.25) is 11.0 Å². The van der Waals surface area contributed by atoms with Gasteiger partial charge in [0.15, 0.2) is 4.34 Å². The third-order valence-corrected chi connectivity index (χ3v) is 6.92. The van der Waals surface area contributed by atoms with Crippen LogP contribution >= 0.6 is 23.1 Å². The SMILES string of the molecule is Cc1ccc(Nc2nnc(SCC(=O)N3C(C)CCCC3C)s2)cc1C. The highest BCUT2D eigenvalue weighted by molar-refractivity contribution is 8.01. The predicted molar refractivity (Wildman–Crippen MR) is 109 cm³/mol. The molecule has 3 rings (SSSR count). The van der Waals surface area contributed by atoms with Crippen molar-refractivity contribution in [3.8, 4) is 0 Å². The Morgan fingerprint density at radius 1 is 1.23 bits per heavy atom. The monoisotopic (exact) mass is 390 g/mol. The molecule has 140 valence electrons. The van der Waals surface area contributed by atoms with Gasteiger partial charge < -0.3 is 10.2 Å². The van der Waals surface area contributed by atoms with Crippen LogP contribution in [0, 0.1) is 13.8 Å². The zero-order valence-corrected chi connectivity index (χ0v) is 17.4. The molecule has 0 aliphatic carbocycles. The predicted octanol–water partition coefficient (Wildman–Crippen LogP) is 4.78. The summed E-state index contributed by atoms with van der Waals surface area (Å²) < 4.78 is 0.821. The minimum Gasteiger partial charge on any atom is -0.337 e. The molecular formula is C19H26N4OS2. The van der Waals surface area contributed by atoms with E-state index in [4.69, 9.17) is 0 Å². The fourth-order valence-electron chi connectivity index (χ4n) is 3.37. The number of likely N-dealkylation sites (tertiary alicyclic amines) is 1. The van der Waals surface area contributed by atoms with Crippen molar-refractivity contribution >= 4 is 39.8 Å². The molecule has 0 saturated carbocycles. The molecule has 5 nitrogen and oxygen atoms in total. The molecule has 7 heteroatoms. The number of carbonyl (C=O) groups excluding carboxylic acids is 1. The van der Waals surface area contributed by atoms with Crippen molar-refractivity contribution in [2.24, 2.45) is 0 Å². The molecule has 1 aromatic heterocycles. The lowest BCUT2D eigenvalue weighted by atomic mass is 9.98. The number of hydrogen-bond donors (Lipinski definition) is 1. The second-order valence-corrected chi connectivity index (χ2v) is 9.22. The number of nitrogens with zero attached hydrogens (tertiary/aromatic N) is 3. The van der Waals surface area contributed by atoms with Gasteiger partial charge >= 0.3 is 0 Å². The lowest BCUT2D eigenvalue weighted by Gasteiger charge is -2.39. The van der Waals surface area contributed by atoms with Crippen molar-refractivity contribution in [2.75, 3.05) is 11.1 Å². The van der Waals surface area contributed by atoms with Gasteiger partial charge in [-0.1, -0.05) is 29.2 Å². The summed E-state index contributed by atoms with van der Waals surface area (Å²) in [5.74, 6) is 0.626. The van der Waals surface area contributed by atoms with Crippen molar-refractivity contribution in [3.05, 3.63) is 29.3 Å². The highest BCUT2D eigenvalue weighted by Crippen LogP contribution is 2.30. The van der Waals surface area contributed by atoms with E-state index in [1.54, 1.807) is 0 Å². The number of hydrogen-bond acceptors (Lipinski definition) is 6. The van der Waals surface area contributed by atoms with Gasteiger partial charge in [0.1, 0.15) is 0 Å². The lowest BCUT2D eigenvalue weighted by molar-refractivity contribution is -0.134. The van der Waals surface area contributed by atoms with E-state index in [2.05, 4.69) is 55.3 Å². The maximum Gasteiger partial charge on any atom is 0.233 e. The Hall–Kier alpha value is -1.60.